The van der Waals surface area contributed by atoms with Crippen LogP contribution in [0.1, 0.15) is 87.2 Å². The number of hydrogen-bond acceptors (Lipinski definition) is 8. The van der Waals surface area contributed by atoms with Crippen LogP contribution in [0.3, 0.4) is 0 Å². The largest absolute Gasteiger partial charge is 0.490 e. The van der Waals surface area contributed by atoms with E-state index in [-0.39, 0.29) is 26.4 Å². The first-order valence-corrected chi connectivity index (χ1v) is 13.8. The smallest absolute Gasteiger partial charge is 0.330 e. The highest BCUT2D eigenvalue weighted by molar-refractivity contribution is 5.81. The maximum absolute atomic E-state index is 11.3. The quantitative estimate of drug-likeness (QED) is 0.263. The lowest BCUT2D eigenvalue weighted by Crippen LogP contribution is -2.26. The van der Waals surface area contributed by atoms with Crippen LogP contribution in [0.5, 0.6) is 11.5 Å². The molecule has 0 spiro atoms. The van der Waals surface area contributed by atoms with Crippen molar-refractivity contribution < 1.29 is 38.7 Å². The van der Waals surface area contributed by atoms with Crippen LogP contribution in [0.25, 0.3) is 0 Å². The van der Waals surface area contributed by atoms with Gasteiger partial charge in [-0.25, -0.2) is 9.59 Å². The van der Waals surface area contributed by atoms with Crippen molar-refractivity contribution in [2.45, 2.75) is 88.3 Å². The number of aliphatic hydroxyl groups excluding tert-OH is 2. The van der Waals surface area contributed by atoms with E-state index in [4.69, 9.17) is 18.9 Å². The lowest BCUT2D eigenvalue weighted by atomic mass is 9.79. The van der Waals surface area contributed by atoms with Crippen molar-refractivity contribution in [2.75, 3.05) is 26.4 Å². The molecule has 2 aliphatic rings. The van der Waals surface area contributed by atoms with Crippen molar-refractivity contribution in [1.29, 1.82) is 0 Å². The minimum atomic E-state index is -0.998. The van der Waals surface area contributed by atoms with Gasteiger partial charge in [-0.3, -0.25) is 0 Å². The van der Waals surface area contributed by atoms with Crippen LogP contribution in [0.4, 0.5) is 0 Å². The van der Waals surface area contributed by atoms with Crippen molar-refractivity contribution in [3.63, 3.8) is 0 Å². The third-order valence-corrected chi connectivity index (χ3v) is 7.26. The molecule has 2 atom stereocenters. The van der Waals surface area contributed by atoms with Gasteiger partial charge in [0.25, 0.3) is 0 Å². The monoisotopic (exact) mass is 530 g/mol. The highest BCUT2D eigenvalue weighted by Crippen LogP contribution is 2.45. The highest BCUT2D eigenvalue weighted by Gasteiger charge is 2.27. The molecule has 2 saturated carbocycles. The van der Waals surface area contributed by atoms with Crippen molar-refractivity contribution in [1.82, 2.24) is 0 Å². The summed E-state index contributed by atoms with van der Waals surface area (Å²) >= 11 is 0. The van der Waals surface area contributed by atoms with Gasteiger partial charge < -0.3 is 29.2 Å². The Labute approximate surface area is 225 Å². The van der Waals surface area contributed by atoms with Gasteiger partial charge in [0.1, 0.15) is 50.1 Å². The first-order chi connectivity index (χ1) is 18.4. The average Bonchev–Trinajstić information content (AvgIpc) is 2.96. The summed E-state index contributed by atoms with van der Waals surface area (Å²) in [4.78, 5) is 22.7. The molecular formula is C30H42O8. The van der Waals surface area contributed by atoms with E-state index in [9.17, 15) is 19.8 Å². The Hall–Kier alpha value is -2.84. The van der Waals surface area contributed by atoms with E-state index in [1.165, 1.54) is 12.8 Å². The molecule has 210 valence electrons. The lowest BCUT2D eigenvalue weighted by Gasteiger charge is -2.29. The summed E-state index contributed by atoms with van der Waals surface area (Å²) in [7, 11) is 0. The van der Waals surface area contributed by atoms with E-state index >= 15 is 0 Å². The van der Waals surface area contributed by atoms with Gasteiger partial charge in [-0.05, 0) is 54.7 Å². The zero-order chi connectivity index (χ0) is 27.3. The average molecular weight is 531 g/mol. The van der Waals surface area contributed by atoms with Gasteiger partial charge in [-0.1, -0.05) is 51.7 Å². The van der Waals surface area contributed by atoms with Gasteiger partial charge in [-0.2, -0.15) is 0 Å². The molecule has 2 aliphatic carbocycles. The summed E-state index contributed by atoms with van der Waals surface area (Å²) in [6.07, 6.45) is 11.5. The first kappa shape index (κ1) is 29.7. The van der Waals surface area contributed by atoms with Gasteiger partial charge >= 0.3 is 11.9 Å². The molecule has 1 aromatic carbocycles. The predicted molar refractivity (Wildman–Crippen MR) is 143 cm³/mol. The summed E-state index contributed by atoms with van der Waals surface area (Å²) in [5, 5.41) is 20.7. The van der Waals surface area contributed by atoms with Crippen LogP contribution in [-0.4, -0.2) is 60.8 Å². The van der Waals surface area contributed by atoms with Crippen molar-refractivity contribution >= 4 is 11.9 Å². The van der Waals surface area contributed by atoms with Crippen LogP contribution in [-0.2, 0) is 19.1 Å². The molecule has 0 amide bonds. The third-order valence-electron chi connectivity index (χ3n) is 7.26. The SMILES string of the molecule is C=CC(=O)OCC(O)COc1cc(OCC(O)COC(=O)C=C)c(C2CCCCC2)cc1C1CCCCC1. The van der Waals surface area contributed by atoms with Gasteiger partial charge in [0.15, 0.2) is 0 Å². The summed E-state index contributed by atoms with van der Waals surface area (Å²) in [5.74, 6) is 0.777. The van der Waals surface area contributed by atoms with Crippen LogP contribution in [0, 0.1) is 0 Å². The summed E-state index contributed by atoms with van der Waals surface area (Å²) in [6, 6.07) is 4.09. The van der Waals surface area contributed by atoms with Crippen LogP contribution < -0.4 is 9.47 Å². The Kier molecular flexibility index (Phi) is 12.2. The van der Waals surface area contributed by atoms with Crippen LogP contribution in [0.15, 0.2) is 37.4 Å². The molecule has 2 N–H and O–H groups in total. The number of benzene rings is 1. The van der Waals surface area contributed by atoms with E-state index in [0.29, 0.717) is 23.3 Å². The summed E-state index contributed by atoms with van der Waals surface area (Å²) in [6.45, 7) is 6.23. The molecule has 0 heterocycles. The minimum absolute atomic E-state index is 0.0491. The Balaban J connectivity index is 1.83. The third kappa shape index (κ3) is 9.17. The number of carbonyl (C=O) groups excluding carboxylic acids is 2. The van der Waals surface area contributed by atoms with E-state index < -0.39 is 24.1 Å². The zero-order valence-electron chi connectivity index (χ0n) is 22.3. The molecule has 0 bridgehead atoms. The molecule has 0 aliphatic heterocycles. The fraction of sp³-hybridized carbons (Fsp3) is 0.600. The van der Waals surface area contributed by atoms with Crippen molar-refractivity contribution in [3.05, 3.63) is 48.6 Å². The first-order valence-electron chi connectivity index (χ1n) is 13.8. The second-order valence-corrected chi connectivity index (χ2v) is 10.2. The van der Waals surface area contributed by atoms with Crippen molar-refractivity contribution in [2.24, 2.45) is 0 Å². The Bertz CT molecular complexity index is 859. The maximum atomic E-state index is 11.3. The standard InChI is InChI=1S/C30H42O8/c1-3-29(33)37-19-23(31)17-35-27-16-28(36-18-24(32)20-38-30(34)4-2)26(22-13-9-6-10-14-22)15-25(27)21-11-7-5-8-12-21/h3-4,15-16,21-24,31-32H,1-2,5-14,17-20H2. The Morgan fingerprint density at radius 1 is 0.711 bits per heavy atom. The van der Waals surface area contributed by atoms with Gasteiger partial charge in [0.05, 0.1) is 0 Å². The van der Waals surface area contributed by atoms with E-state index in [2.05, 4.69) is 19.2 Å². The second-order valence-electron chi connectivity index (χ2n) is 10.2. The molecule has 2 unspecified atom stereocenters. The van der Waals surface area contributed by atoms with Gasteiger partial charge in [0.2, 0.25) is 0 Å². The molecule has 38 heavy (non-hydrogen) atoms. The molecule has 1 aromatic rings. The molecule has 0 saturated heterocycles. The van der Waals surface area contributed by atoms with Crippen LogP contribution >= 0.6 is 0 Å². The number of aliphatic hydroxyl groups is 2. The minimum Gasteiger partial charge on any atom is -0.490 e. The number of ether oxygens (including phenoxy) is 4. The molecule has 0 aromatic heterocycles. The highest BCUT2D eigenvalue weighted by atomic mass is 16.6. The zero-order valence-corrected chi connectivity index (χ0v) is 22.3. The van der Waals surface area contributed by atoms with Gasteiger partial charge in [-0.15, -0.1) is 0 Å². The maximum Gasteiger partial charge on any atom is 0.330 e. The number of rotatable bonds is 14. The Morgan fingerprint density at radius 2 is 1.11 bits per heavy atom. The Morgan fingerprint density at radius 3 is 1.47 bits per heavy atom. The molecule has 0 radical (unpaired) electrons. The van der Waals surface area contributed by atoms with E-state index in [0.717, 1.165) is 74.6 Å². The normalized spacial score (nSPS) is 18.2. The molecule has 8 nitrogen and oxygen atoms in total. The van der Waals surface area contributed by atoms with Gasteiger partial charge in [0, 0.05) is 18.2 Å². The molecule has 3 rings (SSSR count). The van der Waals surface area contributed by atoms with Crippen LogP contribution in [0.2, 0.25) is 0 Å². The van der Waals surface area contributed by atoms with Crippen molar-refractivity contribution in [3.8, 4) is 11.5 Å². The summed E-state index contributed by atoms with van der Waals surface area (Å²) < 4.78 is 22.1. The van der Waals surface area contributed by atoms with E-state index in [1.807, 2.05) is 6.07 Å². The number of esters is 2. The predicted octanol–water partition coefficient (Wildman–Crippen LogP) is 4.72. The molecule has 8 heteroatoms. The second kappa shape index (κ2) is 15.5. The summed E-state index contributed by atoms with van der Waals surface area (Å²) in [5.41, 5.74) is 2.24. The fourth-order valence-corrected chi connectivity index (χ4v) is 5.25. The number of carbonyl (C=O) groups is 2. The number of hydrogen-bond donors (Lipinski definition) is 2. The topological polar surface area (TPSA) is 112 Å². The lowest BCUT2D eigenvalue weighted by molar-refractivity contribution is -0.141. The fourth-order valence-electron chi connectivity index (χ4n) is 5.25. The molecule has 2 fully saturated rings. The van der Waals surface area contributed by atoms with E-state index in [1.54, 1.807) is 0 Å². The molecular weight excluding hydrogens is 488 g/mol.